The lowest BCUT2D eigenvalue weighted by molar-refractivity contribution is -0.127. The third-order valence-corrected chi connectivity index (χ3v) is 4.28. The van der Waals surface area contributed by atoms with E-state index in [0.717, 1.165) is 37.5 Å². The number of carbonyl (C=O) groups excluding carboxylic acids is 2. The Hall–Kier alpha value is -2.70. The number of benzene rings is 1. The summed E-state index contributed by atoms with van der Waals surface area (Å²) in [5, 5.41) is 11.2. The number of ether oxygens (including phenoxy) is 1. The molecular weight excluding hydrogens is 320 g/mol. The van der Waals surface area contributed by atoms with Crippen LogP contribution in [-0.2, 0) is 24.3 Å². The summed E-state index contributed by atoms with van der Waals surface area (Å²) >= 11 is 0. The number of aryl methyl sites for hydroxylation is 1. The first-order valence-corrected chi connectivity index (χ1v) is 8.51. The van der Waals surface area contributed by atoms with Crippen LogP contribution in [0, 0.1) is 0 Å². The van der Waals surface area contributed by atoms with Crippen LogP contribution < -0.4 is 10.1 Å². The standard InChI is InChI=1S/C18H22N4O3/c1-12(23)14-6-5-7-15(10-14)25-13(2)18(24)19-11-17-21-20-16-8-3-4-9-22(16)17/h5-7,10,13H,3-4,8-9,11H2,1-2H3,(H,19,24). The highest BCUT2D eigenvalue weighted by atomic mass is 16.5. The van der Waals surface area contributed by atoms with Crippen LogP contribution >= 0.6 is 0 Å². The average Bonchev–Trinajstić information content (AvgIpc) is 3.03. The number of carbonyl (C=O) groups is 2. The first-order valence-electron chi connectivity index (χ1n) is 8.51. The molecule has 1 aromatic carbocycles. The molecule has 7 nitrogen and oxygen atoms in total. The Morgan fingerprint density at radius 3 is 2.96 bits per heavy atom. The molecule has 0 saturated carbocycles. The molecule has 1 amide bonds. The van der Waals surface area contributed by atoms with Gasteiger partial charge < -0.3 is 14.6 Å². The minimum absolute atomic E-state index is 0.0425. The van der Waals surface area contributed by atoms with Crippen molar-refractivity contribution in [1.82, 2.24) is 20.1 Å². The van der Waals surface area contributed by atoms with E-state index in [-0.39, 0.29) is 11.7 Å². The van der Waals surface area contributed by atoms with Crippen LogP contribution in [0.5, 0.6) is 5.75 Å². The van der Waals surface area contributed by atoms with E-state index in [2.05, 4.69) is 20.1 Å². The smallest absolute Gasteiger partial charge is 0.261 e. The molecule has 0 bridgehead atoms. The average molecular weight is 342 g/mol. The predicted molar refractivity (Wildman–Crippen MR) is 91.3 cm³/mol. The van der Waals surface area contributed by atoms with Crippen LogP contribution in [0.2, 0.25) is 0 Å². The van der Waals surface area contributed by atoms with Crippen LogP contribution in [0.15, 0.2) is 24.3 Å². The number of nitrogens with zero attached hydrogens (tertiary/aromatic N) is 3. The zero-order chi connectivity index (χ0) is 17.8. The van der Waals surface area contributed by atoms with Crippen LogP contribution in [0.4, 0.5) is 0 Å². The van der Waals surface area contributed by atoms with Gasteiger partial charge in [0, 0.05) is 18.5 Å². The number of amides is 1. The Morgan fingerprint density at radius 1 is 1.32 bits per heavy atom. The molecule has 0 radical (unpaired) electrons. The Bertz CT molecular complexity index is 784. The van der Waals surface area contributed by atoms with E-state index in [4.69, 9.17) is 4.74 Å². The fourth-order valence-electron chi connectivity index (χ4n) is 2.86. The molecule has 1 aliphatic rings. The lowest BCUT2D eigenvalue weighted by Crippen LogP contribution is -2.36. The van der Waals surface area contributed by atoms with Crippen LogP contribution in [0.3, 0.4) is 0 Å². The number of nitrogens with one attached hydrogen (secondary N) is 1. The molecule has 0 fully saturated rings. The minimum Gasteiger partial charge on any atom is -0.481 e. The molecule has 132 valence electrons. The van der Waals surface area contributed by atoms with Crippen molar-refractivity contribution < 1.29 is 14.3 Å². The topological polar surface area (TPSA) is 86.1 Å². The third kappa shape index (κ3) is 4.04. The fraction of sp³-hybridized carbons (Fsp3) is 0.444. The Kier molecular flexibility index (Phi) is 5.11. The molecule has 25 heavy (non-hydrogen) atoms. The summed E-state index contributed by atoms with van der Waals surface area (Å²) in [6.45, 7) is 4.40. The van der Waals surface area contributed by atoms with Gasteiger partial charge in [-0.2, -0.15) is 0 Å². The quantitative estimate of drug-likeness (QED) is 0.810. The van der Waals surface area contributed by atoms with Gasteiger partial charge >= 0.3 is 0 Å². The molecule has 7 heteroatoms. The summed E-state index contributed by atoms with van der Waals surface area (Å²) in [6, 6.07) is 6.82. The summed E-state index contributed by atoms with van der Waals surface area (Å²) < 4.78 is 7.72. The first-order chi connectivity index (χ1) is 12.0. The van der Waals surface area contributed by atoms with Gasteiger partial charge in [0.2, 0.25) is 0 Å². The highest BCUT2D eigenvalue weighted by molar-refractivity contribution is 5.94. The van der Waals surface area contributed by atoms with Crippen molar-refractivity contribution in [1.29, 1.82) is 0 Å². The molecule has 0 spiro atoms. The Balaban J connectivity index is 1.57. The Labute approximate surface area is 146 Å². The van der Waals surface area contributed by atoms with Crippen LogP contribution in [0.25, 0.3) is 0 Å². The number of fused-ring (bicyclic) bond motifs is 1. The number of hydrogen-bond donors (Lipinski definition) is 1. The van der Waals surface area contributed by atoms with Gasteiger partial charge in [-0.25, -0.2) is 0 Å². The summed E-state index contributed by atoms with van der Waals surface area (Å²) in [5.74, 6) is 1.98. The van der Waals surface area contributed by atoms with Crippen molar-refractivity contribution in [3.8, 4) is 5.75 Å². The summed E-state index contributed by atoms with van der Waals surface area (Å²) in [4.78, 5) is 23.7. The van der Waals surface area contributed by atoms with E-state index in [1.165, 1.54) is 6.92 Å². The molecule has 0 saturated heterocycles. The largest absolute Gasteiger partial charge is 0.481 e. The van der Waals surface area contributed by atoms with E-state index >= 15 is 0 Å². The van der Waals surface area contributed by atoms with Crippen LogP contribution in [-0.4, -0.2) is 32.6 Å². The van der Waals surface area contributed by atoms with E-state index in [1.54, 1.807) is 31.2 Å². The van der Waals surface area contributed by atoms with Gasteiger partial charge in [-0.15, -0.1) is 10.2 Å². The summed E-state index contributed by atoms with van der Waals surface area (Å²) in [5.41, 5.74) is 0.556. The van der Waals surface area contributed by atoms with Crippen molar-refractivity contribution in [3.05, 3.63) is 41.5 Å². The van der Waals surface area contributed by atoms with Gasteiger partial charge in [-0.05, 0) is 38.8 Å². The van der Waals surface area contributed by atoms with E-state index in [9.17, 15) is 9.59 Å². The van der Waals surface area contributed by atoms with Gasteiger partial charge in [0.05, 0.1) is 6.54 Å². The second-order valence-corrected chi connectivity index (χ2v) is 6.20. The molecule has 3 rings (SSSR count). The van der Waals surface area contributed by atoms with Gasteiger partial charge in [-0.3, -0.25) is 9.59 Å². The van der Waals surface area contributed by atoms with Gasteiger partial charge in [0.1, 0.15) is 11.6 Å². The third-order valence-electron chi connectivity index (χ3n) is 4.28. The van der Waals surface area contributed by atoms with Crippen molar-refractivity contribution >= 4 is 11.7 Å². The van der Waals surface area contributed by atoms with Gasteiger partial charge in [-0.1, -0.05) is 12.1 Å². The van der Waals surface area contributed by atoms with E-state index in [1.807, 2.05) is 0 Å². The second-order valence-electron chi connectivity index (χ2n) is 6.20. The summed E-state index contributed by atoms with van der Waals surface area (Å²) in [6.07, 6.45) is 2.51. The number of aromatic nitrogens is 3. The second kappa shape index (κ2) is 7.46. The molecule has 1 N–H and O–H groups in total. The monoisotopic (exact) mass is 342 g/mol. The summed E-state index contributed by atoms with van der Waals surface area (Å²) in [7, 11) is 0. The Morgan fingerprint density at radius 2 is 2.16 bits per heavy atom. The van der Waals surface area contributed by atoms with E-state index < -0.39 is 6.10 Å². The van der Waals surface area contributed by atoms with Crippen molar-refractivity contribution in [2.45, 2.75) is 52.3 Å². The molecular formula is C18H22N4O3. The predicted octanol–water partition coefficient (Wildman–Crippen LogP) is 1.90. The maximum Gasteiger partial charge on any atom is 0.261 e. The molecule has 2 aromatic rings. The maximum atomic E-state index is 12.3. The minimum atomic E-state index is -0.675. The van der Waals surface area contributed by atoms with E-state index in [0.29, 0.717) is 17.9 Å². The zero-order valence-electron chi connectivity index (χ0n) is 14.5. The van der Waals surface area contributed by atoms with Crippen molar-refractivity contribution in [2.24, 2.45) is 0 Å². The van der Waals surface area contributed by atoms with Gasteiger partial charge in [0.15, 0.2) is 17.7 Å². The zero-order valence-corrected chi connectivity index (χ0v) is 14.5. The molecule has 1 aromatic heterocycles. The van der Waals surface area contributed by atoms with Crippen molar-refractivity contribution in [2.75, 3.05) is 0 Å². The highest BCUT2D eigenvalue weighted by Gasteiger charge is 2.19. The van der Waals surface area contributed by atoms with Crippen molar-refractivity contribution in [3.63, 3.8) is 0 Å². The number of rotatable bonds is 6. The SMILES string of the molecule is CC(=O)c1cccc(OC(C)C(=O)NCc2nnc3n2CCCC3)c1. The lowest BCUT2D eigenvalue weighted by atomic mass is 10.1. The highest BCUT2D eigenvalue weighted by Crippen LogP contribution is 2.16. The molecule has 1 unspecified atom stereocenters. The number of hydrogen-bond acceptors (Lipinski definition) is 5. The lowest BCUT2D eigenvalue weighted by Gasteiger charge is -2.17. The maximum absolute atomic E-state index is 12.3. The molecule has 1 aliphatic heterocycles. The van der Waals surface area contributed by atoms with Gasteiger partial charge in [0.25, 0.3) is 5.91 Å². The first kappa shape index (κ1) is 17.1. The van der Waals surface area contributed by atoms with Crippen LogP contribution in [0.1, 0.15) is 48.7 Å². The molecule has 0 aliphatic carbocycles. The normalized spacial score (nSPS) is 14.5. The molecule has 1 atom stereocenters. The fourth-order valence-corrected chi connectivity index (χ4v) is 2.86. The number of ketones is 1. The number of Topliss-reactive ketones (excluding diaryl/α,β-unsaturated/α-hetero) is 1. The molecule has 2 heterocycles.